The van der Waals surface area contributed by atoms with Gasteiger partial charge in [-0.05, 0) is 17.7 Å². The first kappa shape index (κ1) is 20.6. The zero-order valence-electron chi connectivity index (χ0n) is 15.0. The summed E-state index contributed by atoms with van der Waals surface area (Å²) in [7, 11) is 1.79. The zero-order chi connectivity index (χ0) is 17.3. The standard InChI is InChI=1S/C17H25N7O.HI/c1-18-17(21-5-6-23-8-10-25-11-9-23)22-13-15-2-3-20-16(12-15)24-7-4-19-14-24;/h2-4,7,12,14H,5-6,8-11,13H2,1H3,(H2,18,21,22);1H. The maximum absolute atomic E-state index is 5.36. The topological polar surface area (TPSA) is 79.6 Å². The van der Waals surface area contributed by atoms with E-state index in [1.54, 1.807) is 25.8 Å². The second-order valence-electron chi connectivity index (χ2n) is 5.80. The summed E-state index contributed by atoms with van der Waals surface area (Å²) in [5.74, 6) is 1.65. The Morgan fingerprint density at radius 1 is 1.27 bits per heavy atom. The molecule has 0 atom stereocenters. The minimum absolute atomic E-state index is 0. The van der Waals surface area contributed by atoms with Crippen LogP contribution in [0.2, 0.25) is 0 Å². The molecule has 3 heterocycles. The highest BCUT2D eigenvalue weighted by Gasteiger charge is 2.09. The highest BCUT2D eigenvalue weighted by Crippen LogP contribution is 2.06. The lowest BCUT2D eigenvalue weighted by molar-refractivity contribution is 0.0389. The molecule has 3 rings (SSSR count). The molecule has 8 nitrogen and oxygen atoms in total. The van der Waals surface area contributed by atoms with Crippen molar-refractivity contribution in [3.63, 3.8) is 0 Å². The quantitative estimate of drug-likeness (QED) is 0.370. The lowest BCUT2D eigenvalue weighted by Gasteiger charge is -2.26. The number of morpholine rings is 1. The van der Waals surface area contributed by atoms with E-state index in [0.717, 1.165) is 56.7 Å². The Balaban J connectivity index is 0.00000243. The number of pyridine rings is 1. The van der Waals surface area contributed by atoms with Gasteiger partial charge in [-0.25, -0.2) is 9.97 Å². The van der Waals surface area contributed by atoms with Crippen molar-refractivity contribution in [3.05, 3.63) is 42.6 Å². The average molecular weight is 471 g/mol. The molecule has 142 valence electrons. The predicted molar refractivity (Wildman–Crippen MR) is 112 cm³/mol. The summed E-state index contributed by atoms with van der Waals surface area (Å²) in [4.78, 5) is 15.1. The number of halogens is 1. The number of nitrogens with one attached hydrogen (secondary N) is 2. The van der Waals surface area contributed by atoms with Gasteiger partial charge in [-0.3, -0.25) is 14.5 Å². The molecule has 1 saturated heterocycles. The second kappa shape index (κ2) is 11.1. The number of rotatable bonds is 6. The number of imidazole rings is 1. The van der Waals surface area contributed by atoms with E-state index in [-0.39, 0.29) is 24.0 Å². The first-order chi connectivity index (χ1) is 12.3. The van der Waals surface area contributed by atoms with Crippen molar-refractivity contribution in [3.8, 4) is 5.82 Å². The van der Waals surface area contributed by atoms with Crippen LogP contribution in [0.15, 0.2) is 42.0 Å². The molecule has 0 saturated carbocycles. The van der Waals surface area contributed by atoms with Crippen LogP contribution >= 0.6 is 24.0 Å². The summed E-state index contributed by atoms with van der Waals surface area (Å²) in [6.07, 6.45) is 7.17. The molecule has 0 bridgehead atoms. The van der Waals surface area contributed by atoms with Crippen molar-refractivity contribution >= 4 is 29.9 Å². The van der Waals surface area contributed by atoms with E-state index < -0.39 is 0 Å². The lowest BCUT2D eigenvalue weighted by atomic mass is 10.2. The Morgan fingerprint density at radius 3 is 2.85 bits per heavy atom. The van der Waals surface area contributed by atoms with Gasteiger partial charge in [0, 0.05) is 58.4 Å². The van der Waals surface area contributed by atoms with Gasteiger partial charge >= 0.3 is 0 Å². The fraction of sp³-hybridized carbons (Fsp3) is 0.471. The minimum Gasteiger partial charge on any atom is -0.379 e. The van der Waals surface area contributed by atoms with Crippen LogP contribution in [0.3, 0.4) is 0 Å². The summed E-state index contributed by atoms with van der Waals surface area (Å²) in [6.45, 7) is 6.19. The van der Waals surface area contributed by atoms with Crippen molar-refractivity contribution in [2.24, 2.45) is 4.99 Å². The van der Waals surface area contributed by atoms with Gasteiger partial charge in [-0.1, -0.05) is 0 Å². The number of ether oxygens (including phenoxy) is 1. The fourth-order valence-corrected chi connectivity index (χ4v) is 2.67. The minimum atomic E-state index is 0. The van der Waals surface area contributed by atoms with Crippen LogP contribution in [-0.4, -0.2) is 71.8 Å². The molecule has 2 aromatic heterocycles. The van der Waals surface area contributed by atoms with E-state index in [0.29, 0.717) is 6.54 Å². The monoisotopic (exact) mass is 471 g/mol. The summed E-state index contributed by atoms with van der Waals surface area (Å²) >= 11 is 0. The van der Waals surface area contributed by atoms with E-state index >= 15 is 0 Å². The van der Waals surface area contributed by atoms with Gasteiger partial charge in [0.25, 0.3) is 0 Å². The maximum atomic E-state index is 5.36. The molecule has 0 unspecified atom stereocenters. The van der Waals surface area contributed by atoms with Gasteiger partial charge in [-0.2, -0.15) is 0 Å². The Kier molecular flexibility index (Phi) is 8.78. The van der Waals surface area contributed by atoms with Crippen LogP contribution in [0.4, 0.5) is 0 Å². The van der Waals surface area contributed by atoms with Gasteiger partial charge < -0.3 is 15.4 Å². The molecule has 26 heavy (non-hydrogen) atoms. The van der Waals surface area contributed by atoms with Crippen molar-refractivity contribution in [1.29, 1.82) is 0 Å². The first-order valence-electron chi connectivity index (χ1n) is 8.53. The summed E-state index contributed by atoms with van der Waals surface area (Å²) in [6, 6.07) is 4.03. The average Bonchev–Trinajstić information content (AvgIpc) is 3.20. The van der Waals surface area contributed by atoms with Gasteiger partial charge in [0.2, 0.25) is 0 Å². The number of aromatic nitrogens is 3. The van der Waals surface area contributed by atoms with Gasteiger partial charge in [0.05, 0.1) is 13.2 Å². The van der Waals surface area contributed by atoms with Crippen molar-refractivity contribution in [2.45, 2.75) is 6.54 Å². The molecule has 0 aromatic carbocycles. The third-order valence-corrected chi connectivity index (χ3v) is 4.09. The van der Waals surface area contributed by atoms with Crippen LogP contribution in [0, 0.1) is 0 Å². The second-order valence-corrected chi connectivity index (χ2v) is 5.80. The van der Waals surface area contributed by atoms with Gasteiger partial charge in [-0.15, -0.1) is 24.0 Å². The van der Waals surface area contributed by atoms with E-state index in [1.807, 2.05) is 22.9 Å². The fourth-order valence-electron chi connectivity index (χ4n) is 2.67. The third kappa shape index (κ3) is 6.22. The predicted octanol–water partition coefficient (Wildman–Crippen LogP) is 0.883. The summed E-state index contributed by atoms with van der Waals surface area (Å²) in [5, 5.41) is 6.69. The van der Waals surface area contributed by atoms with Gasteiger partial charge in [0.15, 0.2) is 5.96 Å². The van der Waals surface area contributed by atoms with Crippen LogP contribution < -0.4 is 10.6 Å². The zero-order valence-corrected chi connectivity index (χ0v) is 17.3. The Bertz CT molecular complexity index is 672. The van der Waals surface area contributed by atoms with Crippen LogP contribution in [0.1, 0.15) is 5.56 Å². The van der Waals surface area contributed by atoms with E-state index in [4.69, 9.17) is 4.74 Å². The van der Waals surface area contributed by atoms with Crippen LogP contribution in [-0.2, 0) is 11.3 Å². The lowest BCUT2D eigenvalue weighted by Crippen LogP contribution is -2.44. The highest BCUT2D eigenvalue weighted by atomic mass is 127. The first-order valence-corrected chi connectivity index (χ1v) is 8.53. The number of guanidine groups is 1. The Labute approximate surface area is 171 Å². The number of hydrogen-bond acceptors (Lipinski definition) is 5. The normalized spacial score (nSPS) is 15.3. The molecule has 2 N–H and O–H groups in total. The van der Waals surface area contributed by atoms with E-state index in [1.165, 1.54) is 0 Å². The highest BCUT2D eigenvalue weighted by molar-refractivity contribution is 14.0. The molecule has 0 aliphatic carbocycles. The summed E-state index contributed by atoms with van der Waals surface area (Å²) in [5.41, 5.74) is 1.13. The van der Waals surface area contributed by atoms with Gasteiger partial charge in [0.1, 0.15) is 12.1 Å². The number of hydrogen-bond donors (Lipinski definition) is 2. The molecule has 1 aliphatic heterocycles. The molecular formula is C17H26IN7O. The molecule has 0 spiro atoms. The largest absolute Gasteiger partial charge is 0.379 e. The van der Waals surface area contributed by atoms with Crippen molar-refractivity contribution < 1.29 is 4.74 Å². The molecule has 9 heteroatoms. The number of aliphatic imine (C=N–C) groups is 1. The third-order valence-electron chi connectivity index (χ3n) is 4.09. The maximum Gasteiger partial charge on any atom is 0.191 e. The molecule has 2 aromatic rings. The number of nitrogens with zero attached hydrogens (tertiary/aromatic N) is 5. The molecular weight excluding hydrogens is 445 g/mol. The van der Waals surface area contributed by atoms with E-state index in [9.17, 15) is 0 Å². The van der Waals surface area contributed by atoms with Crippen molar-refractivity contribution in [2.75, 3.05) is 46.4 Å². The molecule has 1 aliphatic rings. The SMILES string of the molecule is CN=C(NCCN1CCOCC1)NCc1ccnc(-n2ccnc2)c1.I. The molecule has 0 radical (unpaired) electrons. The molecule has 1 fully saturated rings. The molecule has 0 amide bonds. The van der Waals surface area contributed by atoms with Crippen molar-refractivity contribution in [1.82, 2.24) is 30.1 Å². The summed E-state index contributed by atoms with van der Waals surface area (Å²) < 4.78 is 7.25. The van der Waals surface area contributed by atoms with Crippen LogP contribution in [0.5, 0.6) is 0 Å². The Morgan fingerprint density at radius 2 is 2.12 bits per heavy atom. The Hall–Kier alpha value is -1.72. The van der Waals surface area contributed by atoms with Crippen LogP contribution in [0.25, 0.3) is 5.82 Å². The smallest absolute Gasteiger partial charge is 0.191 e. The van der Waals surface area contributed by atoms with E-state index in [2.05, 4.69) is 30.5 Å².